The fourth-order valence-corrected chi connectivity index (χ4v) is 2.49. The van der Waals surface area contributed by atoms with Gasteiger partial charge in [0, 0.05) is 5.02 Å². The van der Waals surface area contributed by atoms with Crippen LogP contribution in [0.5, 0.6) is 5.75 Å². The number of primary amides is 1. The quantitative estimate of drug-likeness (QED) is 0.823. The highest BCUT2D eigenvalue weighted by Crippen LogP contribution is 2.28. The summed E-state index contributed by atoms with van der Waals surface area (Å²) in [5.41, 5.74) is 5.97. The van der Waals surface area contributed by atoms with E-state index in [0.29, 0.717) is 16.3 Å². The van der Waals surface area contributed by atoms with Gasteiger partial charge in [-0.15, -0.1) is 0 Å². The van der Waals surface area contributed by atoms with E-state index < -0.39 is 24.0 Å². The van der Waals surface area contributed by atoms with Gasteiger partial charge in [0.05, 0.1) is 5.02 Å². The van der Waals surface area contributed by atoms with Crippen molar-refractivity contribution in [1.82, 2.24) is 5.32 Å². The maximum absolute atomic E-state index is 12.3. The largest absolute Gasteiger partial charge is 0.479 e. The number of halogens is 2. The number of nitrogens with one attached hydrogen (secondary N) is 1. The van der Waals surface area contributed by atoms with Crippen LogP contribution in [-0.2, 0) is 9.59 Å². The molecule has 24 heavy (non-hydrogen) atoms. The Kier molecular flexibility index (Phi) is 6.06. The van der Waals surface area contributed by atoms with E-state index in [9.17, 15) is 9.59 Å². The van der Waals surface area contributed by atoms with E-state index in [4.69, 9.17) is 33.7 Å². The molecule has 0 aliphatic heterocycles. The van der Waals surface area contributed by atoms with Gasteiger partial charge in [-0.3, -0.25) is 9.59 Å². The summed E-state index contributed by atoms with van der Waals surface area (Å²) in [6.07, 6.45) is -0.880. The number of hydrogen-bond donors (Lipinski definition) is 2. The Morgan fingerprint density at radius 3 is 2.38 bits per heavy atom. The summed E-state index contributed by atoms with van der Waals surface area (Å²) in [5.74, 6) is -0.834. The van der Waals surface area contributed by atoms with Crippen molar-refractivity contribution in [1.29, 1.82) is 0 Å². The second-order valence-corrected chi connectivity index (χ2v) is 5.93. The van der Waals surface area contributed by atoms with Crippen LogP contribution in [0.25, 0.3) is 0 Å². The molecule has 2 aromatic carbocycles. The van der Waals surface area contributed by atoms with Crippen LogP contribution in [0.15, 0.2) is 48.5 Å². The normalized spacial score (nSPS) is 13.0. The fourth-order valence-electron chi connectivity index (χ4n) is 2.04. The molecule has 0 radical (unpaired) electrons. The Morgan fingerprint density at radius 2 is 1.79 bits per heavy atom. The van der Waals surface area contributed by atoms with Crippen molar-refractivity contribution < 1.29 is 14.3 Å². The van der Waals surface area contributed by atoms with E-state index in [2.05, 4.69) is 5.32 Å². The maximum atomic E-state index is 12.3. The van der Waals surface area contributed by atoms with Crippen LogP contribution in [0, 0.1) is 0 Å². The van der Waals surface area contributed by atoms with Crippen LogP contribution < -0.4 is 15.8 Å². The van der Waals surface area contributed by atoms with Crippen LogP contribution >= 0.6 is 23.2 Å². The third-order valence-corrected chi connectivity index (χ3v) is 3.80. The molecule has 2 rings (SSSR count). The molecule has 2 aromatic rings. The van der Waals surface area contributed by atoms with Gasteiger partial charge in [0.1, 0.15) is 11.8 Å². The molecule has 5 nitrogen and oxygen atoms in total. The summed E-state index contributed by atoms with van der Waals surface area (Å²) in [6, 6.07) is 12.5. The van der Waals surface area contributed by atoms with E-state index in [1.54, 1.807) is 49.4 Å². The lowest BCUT2D eigenvalue weighted by atomic mass is 10.1. The molecule has 0 bridgehead atoms. The molecule has 2 amide bonds. The number of nitrogens with two attached hydrogens (primary N) is 1. The first kappa shape index (κ1) is 18.1. The van der Waals surface area contributed by atoms with E-state index in [1.165, 1.54) is 6.07 Å². The zero-order valence-electron chi connectivity index (χ0n) is 12.8. The molecule has 0 aliphatic rings. The van der Waals surface area contributed by atoms with Gasteiger partial charge in [0.25, 0.3) is 5.91 Å². The van der Waals surface area contributed by atoms with Crippen LogP contribution in [-0.4, -0.2) is 17.9 Å². The molecule has 126 valence electrons. The third kappa shape index (κ3) is 4.63. The van der Waals surface area contributed by atoms with Crippen molar-refractivity contribution >= 4 is 35.0 Å². The van der Waals surface area contributed by atoms with Crippen molar-refractivity contribution in [2.24, 2.45) is 5.73 Å². The highest BCUT2D eigenvalue weighted by molar-refractivity contribution is 6.35. The first-order valence-corrected chi connectivity index (χ1v) is 7.90. The lowest BCUT2D eigenvalue weighted by molar-refractivity contribution is -0.131. The Balaban J connectivity index is 2.08. The number of hydrogen-bond acceptors (Lipinski definition) is 3. The van der Waals surface area contributed by atoms with Gasteiger partial charge >= 0.3 is 0 Å². The summed E-state index contributed by atoms with van der Waals surface area (Å²) in [4.78, 5) is 23.9. The van der Waals surface area contributed by atoms with Crippen molar-refractivity contribution in [3.63, 3.8) is 0 Å². The van der Waals surface area contributed by atoms with Crippen molar-refractivity contribution in [3.05, 3.63) is 64.1 Å². The molecule has 0 saturated carbocycles. The molecule has 7 heteroatoms. The summed E-state index contributed by atoms with van der Waals surface area (Å²) in [6.45, 7) is 1.54. The van der Waals surface area contributed by atoms with Crippen LogP contribution in [0.4, 0.5) is 0 Å². The minimum absolute atomic E-state index is 0.289. The average Bonchev–Trinajstić information content (AvgIpc) is 2.55. The van der Waals surface area contributed by atoms with E-state index in [0.717, 1.165) is 0 Å². The molecular weight excluding hydrogens is 351 g/mol. The first-order valence-electron chi connectivity index (χ1n) is 7.15. The van der Waals surface area contributed by atoms with Gasteiger partial charge in [-0.2, -0.15) is 0 Å². The standard InChI is InChI=1S/C17H16Cl2N2O3/c1-10(24-14-8-7-12(18)9-13(14)19)17(23)21-15(16(20)22)11-5-3-2-4-6-11/h2-10,15H,1H3,(H2,20,22)(H,21,23). The monoisotopic (exact) mass is 366 g/mol. The topological polar surface area (TPSA) is 81.4 Å². The minimum atomic E-state index is -0.939. The molecular formula is C17H16Cl2N2O3. The molecule has 0 aliphatic carbocycles. The molecule has 3 N–H and O–H groups in total. The van der Waals surface area contributed by atoms with Crippen molar-refractivity contribution in [3.8, 4) is 5.75 Å². The van der Waals surface area contributed by atoms with E-state index in [1.807, 2.05) is 0 Å². The van der Waals surface area contributed by atoms with Crippen LogP contribution in [0.3, 0.4) is 0 Å². The van der Waals surface area contributed by atoms with Gasteiger partial charge in [-0.25, -0.2) is 0 Å². The summed E-state index contributed by atoms with van der Waals surface area (Å²) >= 11 is 11.8. The molecule has 2 atom stereocenters. The summed E-state index contributed by atoms with van der Waals surface area (Å²) in [5, 5.41) is 3.33. The molecule has 0 saturated heterocycles. The lowest BCUT2D eigenvalue weighted by Gasteiger charge is -2.20. The number of amides is 2. The van der Waals surface area contributed by atoms with Gasteiger partial charge < -0.3 is 15.8 Å². The van der Waals surface area contributed by atoms with Gasteiger partial charge in [-0.05, 0) is 30.7 Å². The number of rotatable bonds is 6. The van der Waals surface area contributed by atoms with Crippen LogP contribution in [0.2, 0.25) is 10.0 Å². The Hall–Kier alpha value is -2.24. The minimum Gasteiger partial charge on any atom is -0.479 e. The Bertz CT molecular complexity index is 738. The molecule has 0 heterocycles. The Morgan fingerprint density at radius 1 is 1.12 bits per heavy atom. The lowest BCUT2D eigenvalue weighted by Crippen LogP contribution is -2.43. The third-order valence-electron chi connectivity index (χ3n) is 3.27. The van der Waals surface area contributed by atoms with Crippen LogP contribution in [0.1, 0.15) is 18.5 Å². The number of benzene rings is 2. The Labute approximate surface area is 149 Å². The predicted molar refractivity (Wildman–Crippen MR) is 93.1 cm³/mol. The summed E-state index contributed by atoms with van der Waals surface area (Å²) in [7, 11) is 0. The fraction of sp³-hybridized carbons (Fsp3) is 0.176. The number of carbonyl (C=O) groups excluding carboxylic acids is 2. The van der Waals surface area contributed by atoms with E-state index in [-0.39, 0.29) is 5.02 Å². The first-order chi connectivity index (χ1) is 11.4. The zero-order chi connectivity index (χ0) is 17.7. The predicted octanol–water partition coefficient (Wildman–Crippen LogP) is 3.10. The molecule has 0 spiro atoms. The van der Waals surface area contributed by atoms with Gasteiger partial charge in [0.2, 0.25) is 5.91 Å². The highest BCUT2D eigenvalue weighted by atomic mass is 35.5. The molecule has 0 aromatic heterocycles. The van der Waals surface area contributed by atoms with Crippen molar-refractivity contribution in [2.45, 2.75) is 19.1 Å². The second kappa shape index (κ2) is 8.04. The molecule has 2 unspecified atom stereocenters. The molecule has 0 fully saturated rings. The average molecular weight is 367 g/mol. The van der Waals surface area contributed by atoms with E-state index >= 15 is 0 Å². The SMILES string of the molecule is CC(Oc1ccc(Cl)cc1Cl)C(=O)NC(C(N)=O)c1ccccc1. The zero-order valence-corrected chi connectivity index (χ0v) is 14.3. The van der Waals surface area contributed by atoms with Crippen molar-refractivity contribution in [2.75, 3.05) is 0 Å². The smallest absolute Gasteiger partial charge is 0.261 e. The number of ether oxygens (including phenoxy) is 1. The highest BCUT2D eigenvalue weighted by Gasteiger charge is 2.24. The number of carbonyl (C=O) groups is 2. The second-order valence-electron chi connectivity index (χ2n) is 5.09. The van der Waals surface area contributed by atoms with Gasteiger partial charge in [-0.1, -0.05) is 53.5 Å². The summed E-state index contributed by atoms with van der Waals surface area (Å²) < 4.78 is 5.52. The maximum Gasteiger partial charge on any atom is 0.261 e. The van der Waals surface area contributed by atoms with Gasteiger partial charge in [0.15, 0.2) is 6.10 Å².